The maximum absolute atomic E-state index is 14.4. The van der Waals surface area contributed by atoms with Gasteiger partial charge in [0.1, 0.15) is 18.1 Å². The summed E-state index contributed by atoms with van der Waals surface area (Å²) in [6.07, 6.45) is 0.112. The quantitative estimate of drug-likeness (QED) is 0.357. The van der Waals surface area contributed by atoms with Crippen LogP contribution in [0.1, 0.15) is 70.6 Å². The summed E-state index contributed by atoms with van der Waals surface area (Å²) in [7, 11) is 0. The first-order valence-electron chi connectivity index (χ1n) is 14.7. The van der Waals surface area contributed by atoms with Gasteiger partial charge in [-0.3, -0.25) is 19.2 Å². The summed E-state index contributed by atoms with van der Waals surface area (Å²) in [6.45, 7) is 0.494. The maximum Gasteiger partial charge on any atom is 0.471 e. The number of nitriles is 1. The van der Waals surface area contributed by atoms with Crippen molar-refractivity contribution in [3.63, 3.8) is 0 Å². The lowest BCUT2D eigenvalue weighted by atomic mass is 9.46. The Labute approximate surface area is 235 Å². The highest BCUT2D eigenvalue weighted by Crippen LogP contribution is 2.63. The Bertz CT molecular complexity index is 1170. The molecule has 4 N–H and O–H groups in total. The van der Waals surface area contributed by atoms with Crippen molar-refractivity contribution in [2.24, 2.45) is 29.1 Å². The van der Waals surface area contributed by atoms with E-state index in [4.69, 9.17) is 0 Å². The highest BCUT2D eigenvalue weighted by atomic mass is 19.4. The SMILES string of the molecule is N#C[C@H](C[C@@H]1CCNC1=O)NC(=O)[C@@H]1[C@H]2CC[C@H](C2)N1C(=O)[C@@H](NC(=O)C(F)(F)F)C12CC3CC(CC(O)(C3)C1)C2. The first kappa shape index (κ1) is 28.2. The van der Waals surface area contributed by atoms with E-state index in [2.05, 4.69) is 10.6 Å². The van der Waals surface area contributed by atoms with Crippen LogP contribution in [0, 0.1) is 40.4 Å². The van der Waals surface area contributed by atoms with Crippen LogP contribution in [0.5, 0.6) is 0 Å². The average molecular weight is 580 g/mol. The second kappa shape index (κ2) is 9.85. The Morgan fingerprint density at radius 2 is 1.80 bits per heavy atom. The van der Waals surface area contributed by atoms with Crippen LogP contribution in [0.25, 0.3) is 0 Å². The highest BCUT2D eigenvalue weighted by molar-refractivity contribution is 5.95. The fraction of sp³-hybridized carbons (Fsp3) is 0.821. The summed E-state index contributed by atoms with van der Waals surface area (Å²) in [4.78, 5) is 53.7. The Morgan fingerprint density at radius 3 is 2.39 bits per heavy atom. The molecular weight excluding hydrogens is 543 g/mol. The van der Waals surface area contributed by atoms with Crippen molar-refractivity contribution in [2.45, 2.75) is 107 Å². The summed E-state index contributed by atoms with van der Waals surface area (Å²) in [5, 5.41) is 28.4. The van der Waals surface area contributed by atoms with Gasteiger partial charge in [-0.15, -0.1) is 0 Å². The largest absolute Gasteiger partial charge is 0.471 e. The van der Waals surface area contributed by atoms with Crippen LogP contribution in [0.2, 0.25) is 0 Å². The lowest BCUT2D eigenvalue weighted by Gasteiger charge is -2.62. The van der Waals surface area contributed by atoms with E-state index < -0.39 is 59.0 Å². The second-order valence-electron chi connectivity index (χ2n) is 13.6. The van der Waals surface area contributed by atoms with Crippen molar-refractivity contribution < 1.29 is 37.5 Å². The molecule has 10 nitrogen and oxygen atoms in total. The van der Waals surface area contributed by atoms with Crippen molar-refractivity contribution in [3.8, 4) is 6.07 Å². The number of halogens is 3. The Hall–Kier alpha value is -2.88. The minimum absolute atomic E-state index is 0.0534. The number of carbonyl (C=O) groups excluding carboxylic acids is 4. The number of nitrogens with zero attached hydrogens (tertiary/aromatic N) is 2. The summed E-state index contributed by atoms with van der Waals surface area (Å²) >= 11 is 0. The van der Waals surface area contributed by atoms with E-state index in [1.54, 1.807) is 0 Å². The molecule has 7 rings (SSSR count). The molecule has 0 aromatic heterocycles. The lowest BCUT2D eigenvalue weighted by molar-refractivity contribution is -0.191. The van der Waals surface area contributed by atoms with Crippen LogP contribution < -0.4 is 16.0 Å². The van der Waals surface area contributed by atoms with Gasteiger partial charge >= 0.3 is 12.1 Å². The zero-order valence-corrected chi connectivity index (χ0v) is 22.7. The van der Waals surface area contributed by atoms with Gasteiger partial charge in [0.2, 0.25) is 17.7 Å². The molecule has 4 amide bonds. The molecule has 0 radical (unpaired) electrons. The summed E-state index contributed by atoms with van der Waals surface area (Å²) < 4.78 is 40.6. The predicted molar refractivity (Wildman–Crippen MR) is 135 cm³/mol. The summed E-state index contributed by atoms with van der Waals surface area (Å²) in [5.41, 5.74) is -2.12. The summed E-state index contributed by atoms with van der Waals surface area (Å²) in [5.74, 6) is -4.21. The normalized spacial score (nSPS) is 40.2. The van der Waals surface area contributed by atoms with E-state index >= 15 is 0 Å². The highest BCUT2D eigenvalue weighted by Gasteiger charge is 2.64. The van der Waals surface area contributed by atoms with Crippen molar-refractivity contribution in [1.82, 2.24) is 20.9 Å². The zero-order chi connectivity index (χ0) is 29.3. The number of rotatable bonds is 7. The molecule has 2 unspecified atom stereocenters. The monoisotopic (exact) mass is 579 g/mol. The molecule has 5 saturated carbocycles. The Morgan fingerprint density at radius 1 is 1.10 bits per heavy atom. The van der Waals surface area contributed by atoms with Gasteiger partial charge in [-0.05, 0) is 88.4 Å². The molecular formula is C28H36F3N5O5. The number of likely N-dealkylation sites (tertiary alicyclic amines) is 1. The van der Waals surface area contributed by atoms with E-state index in [-0.39, 0.29) is 42.5 Å². The standard InChI is InChI=1S/C28H36F3N5O5/c29-28(30,31)25(40)35-21(26-8-14-5-15(9-26)11-27(41,10-14)13-26)24(39)36-19-2-1-16(7-19)20(36)23(38)34-18(12-32)6-17-3-4-33-22(17)37/h14-21,41H,1-11,13H2,(H,33,37)(H,34,38)(H,35,40)/t14?,15?,16-,17-,18-,19+,20-,21+,26?,27?/m0/s1. The van der Waals surface area contributed by atoms with Crippen LogP contribution >= 0.6 is 0 Å². The second-order valence-corrected chi connectivity index (χ2v) is 13.6. The minimum atomic E-state index is -5.20. The summed E-state index contributed by atoms with van der Waals surface area (Å²) in [6, 6.07) is -1.83. The zero-order valence-electron chi connectivity index (χ0n) is 22.7. The van der Waals surface area contributed by atoms with Crippen LogP contribution in [0.15, 0.2) is 0 Å². The molecule has 2 aliphatic heterocycles. The molecule has 0 spiro atoms. The molecule has 224 valence electrons. The van der Waals surface area contributed by atoms with E-state index in [1.807, 2.05) is 11.4 Å². The van der Waals surface area contributed by atoms with Gasteiger partial charge in [0.15, 0.2) is 0 Å². The topological polar surface area (TPSA) is 152 Å². The first-order chi connectivity index (χ1) is 19.3. The van der Waals surface area contributed by atoms with Crippen molar-refractivity contribution in [1.29, 1.82) is 5.26 Å². The number of hydrogen-bond donors (Lipinski definition) is 4. The molecule has 41 heavy (non-hydrogen) atoms. The number of fused-ring (bicyclic) bond motifs is 2. The number of amides is 4. The van der Waals surface area contributed by atoms with Crippen LogP contribution in [0.4, 0.5) is 13.2 Å². The number of aliphatic hydroxyl groups is 1. The molecule has 7 aliphatic rings. The molecule has 13 heteroatoms. The van der Waals surface area contributed by atoms with Gasteiger partial charge in [0, 0.05) is 23.9 Å². The number of alkyl halides is 3. The van der Waals surface area contributed by atoms with Crippen molar-refractivity contribution in [2.75, 3.05) is 6.54 Å². The first-order valence-corrected chi connectivity index (χ1v) is 14.7. The van der Waals surface area contributed by atoms with Crippen LogP contribution in [-0.4, -0.2) is 76.1 Å². The van der Waals surface area contributed by atoms with E-state index in [9.17, 15) is 42.7 Å². The van der Waals surface area contributed by atoms with E-state index in [1.165, 1.54) is 4.90 Å². The average Bonchev–Trinajstić information content (AvgIpc) is 3.60. The van der Waals surface area contributed by atoms with Gasteiger partial charge in [-0.2, -0.15) is 18.4 Å². The van der Waals surface area contributed by atoms with Gasteiger partial charge in [0.25, 0.3) is 0 Å². The third kappa shape index (κ3) is 4.96. The molecule has 2 heterocycles. The van der Waals surface area contributed by atoms with Gasteiger partial charge < -0.3 is 26.0 Å². The number of piperidine rings is 1. The maximum atomic E-state index is 14.4. The number of carbonyl (C=O) groups is 4. The van der Waals surface area contributed by atoms with Crippen LogP contribution in [-0.2, 0) is 19.2 Å². The third-order valence-electron chi connectivity index (χ3n) is 10.7. The molecule has 8 atom stereocenters. The molecule has 0 aromatic carbocycles. The fourth-order valence-electron chi connectivity index (χ4n) is 9.66. The molecule has 7 fully saturated rings. The Balaban J connectivity index is 1.27. The number of nitrogens with one attached hydrogen (secondary N) is 3. The lowest BCUT2D eigenvalue weighted by Crippen LogP contribution is -2.68. The Kier molecular flexibility index (Phi) is 6.79. The van der Waals surface area contributed by atoms with E-state index in [0.29, 0.717) is 57.9 Å². The van der Waals surface area contributed by atoms with Gasteiger partial charge in [-0.25, -0.2) is 0 Å². The van der Waals surface area contributed by atoms with Gasteiger partial charge in [-0.1, -0.05) is 0 Å². The van der Waals surface area contributed by atoms with Crippen LogP contribution in [0.3, 0.4) is 0 Å². The van der Waals surface area contributed by atoms with Gasteiger partial charge in [0.05, 0.1) is 11.7 Å². The number of hydrogen-bond acceptors (Lipinski definition) is 6. The van der Waals surface area contributed by atoms with Crippen molar-refractivity contribution in [3.05, 3.63) is 0 Å². The molecule has 6 bridgehead atoms. The fourth-order valence-corrected chi connectivity index (χ4v) is 9.66. The predicted octanol–water partition coefficient (Wildman–Crippen LogP) is 1.28. The van der Waals surface area contributed by atoms with E-state index in [0.717, 1.165) is 6.42 Å². The molecule has 0 aromatic rings. The minimum Gasteiger partial charge on any atom is -0.390 e. The molecule has 2 saturated heterocycles. The molecule has 5 aliphatic carbocycles. The van der Waals surface area contributed by atoms with Crippen molar-refractivity contribution >= 4 is 23.6 Å². The third-order valence-corrected chi connectivity index (χ3v) is 10.7. The smallest absolute Gasteiger partial charge is 0.390 e.